The third-order valence-corrected chi connectivity index (χ3v) is 2.83. The van der Waals surface area contributed by atoms with E-state index in [1.807, 2.05) is 0 Å². The molecule has 8 N–H and O–H groups in total. The van der Waals surface area contributed by atoms with Gasteiger partial charge in [-0.25, -0.2) is 18.3 Å². The molecule has 0 spiro atoms. The van der Waals surface area contributed by atoms with E-state index in [4.69, 9.17) is 39.1 Å². The van der Waals surface area contributed by atoms with Crippen LogP contribution in [0.1, 0.15) is 0 Å². The van der Waals surface area contributed by atoms with Crippen molar-refractivity contribution in [2.24, 2.45) is 0 Å². The lowest BCUT2D eigenvalue weighted by atomic mass is 10.7. The van der Waals surface area contributed by atoms with Gasteiger partial charge < -0.3 is 39.1 Å². The Labute approximate surface area is 131 Å². The van der Waals surface area contributed by atoms with Crippen molar-refractivity contribution in [1.82, 2.24) is 10.5 Å². The maximum atomic E-state index is 10.6. The zero-order valence-corrected chi connectivity index (χ0v) is 14.5. The van der Waals surface area contributed by atoms with E-state index in [1.165, 1.54) is 0 Å². The summed E-state index contributed by atoms with van der Waals surface area (Å²) in [6.07, 6.45) is 0. The number of phosphoric acid groups is 4. The van der Waals surface area contributed by atoms with Crippen molar-refractivity contribution < 1.29 is 75.9 Å². The molecule has 146 valence electrons. The van der Waals surface area contributed by atoms with Crippen molar-refractivity contribution in [2.75, 3.05) is 13.1 Å². The van der Waals surface area contributed by atoms with Crippen LogP contribution in [0.4, 0.5) is 0 Å². The lowest BCUT2D eigenvalue weighted by Gasteiger charge is -2.24. The summed E-state index contributed by atoms with van der Waals surface area (Å²) in [7, 11) is -21.6. The largest absolute Gasteiger partial charge is 0.488 e. The predicted molar refractivity (Wildman–Crippen MR) is 65.9 cm³/mol. The Hall–Kier alpha value is 0.360. The van der Waals surface area contributed by atoms with Crippen LogP contribution in [0.2, 0.25) is 0 Å². The first-order valence-electron chi connectivity index (χ1n) is 4.92. The van der Waals surface area contributed by atoms with Crippen LogP contribution in [0, 0.1) is 0 Å². The van der Waals surface area contributed by atoms with E-state index < -0.39 is 54.8 Å². The molecule has 0 heterocycles. The third kappa shape index (κ3) is 15.9. The zero-order valence-electron chi connectivity index (χ0n) is 10.9. The van der Waals surface area contributed by atoms with Gasteiger partial charge >= 0.3 is 31.3 Å². The van der Waals surface area contributed by atoms with Crippen molar-refractivity contribution in [2.45, 2.75) is 0 Å². The van der Waals surface area contributed by atoms with Crippen molar-refractivity contribution in [3.8, 4) is 0 Å². The van der Waals surface area contributed by atoms with Gasteiger partial charge in [-0.15, -0.1) is 0 Å². The average molecular weight is 444 g/mol. The molecule has 0 rings (SSSR count). The second-order valence-corrected chi connectivity index (χ2v) is 7.98. The molecule has 18 nitrogen and oxygen atoms in total. The third-order valence-electron chi connectivity index (χ3n) is 1.25. The Kier molecular flexibility index (Phi) is 8.97. The maximum Gasteiger partial charge on any atom is 0.488 e. The van der Waals surface area contributed by atoms with E-state index in [0.717, 1.165) is 0 Å². The fraction of sp³-hybridized carbons (Fsp3) is 1.00. The van der Waals surface area contributed by atoms with Crippen molar-refractivity contribution >= 4 is 31.3 Å². The Balaban J connectivity index is 5.07. The molecule has 0 aliphatic heterocycles. The lowest BCUT2D eigenvalue weighted by Crippen LogP contribution is -2.33. The molecule has 0 aliphatic carbocycles. The van der Waals surface area contributed by atoms with Gasteiger partial charge in [-0.1, -0.05) is 0 Å². The number of hydrogen-bond donors (Lipinski definition) is 8. The smallest absolute Gasteiger partial charge is 0.302 e. The van der Waals surface area contributed by atoms with Crippen LogP contribution in [-0.2, 0) is 36.8 Å². The molecule has 0 aromatic heterocycles. The standard InChI is InChI=1S/C2H12N2O16P4/c5-21(6,7)17-3(18-22(8,9)10)1-2-4(19-23(11,12)13)20-24(14,15)16/h1-2H2,(H2,5,6,7)(H2,8,9,10)(H2,11,12,13)(H2,14,15,16). The zero-order chi connectivity index (χ0) is 19.4. The van der Waals surface area contributed by atoms with E-state index in [0.29, 0.717) is 0 Å². The van der Waals surface area contributed by atoms with Gasteiger partial charge in [0.1, 0.15) is 0 Å². The molecule has 24 heavy (non-hydrogen) atoms. The summed E-state index contributed by atoms with van der Waals surface area (Å²) in [5.74, 6) is 0. The molecule has 0 fully saturated rings. The quantitative estimate of drug-likeness (QED) is 0.123. The summed E-state index contributed by atoms with van der Waals surface area (Å²) in [5, 5.41) is -1.03. The van der Waals surface area contributed by atoms with Crippen LogP contribution < -0.4 is 0 Å². The van der Waals surface area contributed by atoms with Crippen LogP contribution in [0.15, 0.2) is 0 Å². The minimum Gasteiger partial charge on any atom is -0.302 e. The number of hydroxylamine groups is 4. The van der Waals surface area contributed by atoms with Gasteiger partial charge in [0.25, 0.3) is 0 Å². The minimum atomic E-state index is -5.40. The summed E-state index contributed by atoms with van der Waals surface area (Å²) in [4.78, 5) is 68.1. The Morgan fingerprint density at radius 2 is 0.667 bits per heavy atom. The molecule has 0 saturated carbocycles. The molecule has 0 bridgehead atoms. The number of hydrogen-bond acceptors (Lipinski definition) is 10. The summed E-state index contributed by atoms with van der Waals surface area (Å²) in [6, 6.07) is 0. The predicted octanol–water partition coefficient (Wildman–Crippen LogP) is -2.31. The highest BCUT2D eigenvalue weighted by molar-refractivity contribution is 7.47. The maximum absolute atomic E-state index is 10.6. The molecular weight excluding hydrogens is 432 g/mol. The minimum absolute atomic E-state index is 0.513. The van der Waals surface area contributed by atoms with E-state index >= 15 is 0 Å². The molecular formula is C2H12N2O16P4. The van der Waals surface area contributed by atoms with Gasteiger partial charge in [0.15, 0.2) is 0 Å². The first kappa shape index (κ1) is 24.4. The van der Waals surface area contributed by atoms with Crippen LogP contribution in [-0.4, -0.2) is 62.7 Å². The second kappa shape index (κ2) is 8.83. The first-order chi connectivity index (χ1) is 10.4. The van der Waals surface area contributed by atoms with Gasteiger partial charge in [-0.05, 0) is 10.5 Å². The van der Waals surface area contributed by atoms with Crippen LogP contribution in [0.3, 0.4) is 0 Å². The number of rotatable bonds is 11. The monoisotopic (exact) mass is 444 g/mol. The summed E-state index contributed by atoms with van der Waals surface area (Å²) < 4.78 is 57.1. The molecule has 0 aromatic rings. The van der Waals surface area contributed by atoms with Gasteiger partial charge in [0.05, 0.1) is 13.1 Å². The lowest BCUT2D eigenvalue weighted by molar-refractivity contribution is -0.313. The Bertz CT molecular complexity index is 479. The van der Waals surface area contributed by atoms with E-state index in [-0.39, 0.29) is 0 Å². The molecule has 0 atom stereocenters. The Morgan fingerprint density at radius 3 is 0.792 bits per heavy atom. The normalized spacial score (nSPS) is 14.6. The molecule has 0 unspecified atom stereocenters. The summed E-state index contributed by atoms with van der Waals surface area (Å²) >= 11 is 0. The van der Waals surface area contributed by atoms with Crippen LogP contribution in [0.25, 0.3) is 0 Å². The molecule has 0 aromatic carbocycles. The van der Waals surface area contributed by atoms with Crippen LogP contribution >= 0.6 is 31.3 Å². The van der Waals surface area contributed by atoms with Crippen molar-refractivity contribution in [3.05, 3.63) is 0 Å². The molecule has 0 radical (unpaired) electrons. The highest BCUT2D eigenvalue weighted by Gasteiger charge is 2.32. The number of nitrogens with zero attached hydrogens (tertiary/aromatic N) is 2. The second-order valence-electron chi connectivity index (χ2n) is 3.40. The highest BCUT2D eigenvalue weighted by Crippen LogP contribution is 2.45. The fourth-order valence-corrected chi connectivity index (χ4v) is 2.35. The van der Waals surface area contributed by atoms with Gasteiger partial charge in [0, 0.05) is 0 Å². The molecule has 0 amide bonds. The summed E-state index contributed by atoms with van der Waals surface area (Å²) in [5.41, 5.74) is 0. The first-order valence-corrected chi connectivity index (χ1v) is 11.0. The average Bonchev–Trinajstić information content (AvgIpc) is 2.16. The van der Waals surface area contributed by atoms with Gasteiger partial charge in [-0.3, -0.25) is 0 Å². The fourth-order valence-electron chi connectivity index (χ4n) is 0.831. The summed E-state index contributed by atoms with van der Waals surface area (Å²) in [6.45, 7) is -2.40. The van der Waals surface area contributed by atoms with E-state index in [9.17, 15) is 18.3 Å². The topological polar surface area (TPSA) is 274 Å². The molecule has 0 aliphatic rings. The van der Waals surface area contributed by atoms with Gasteiger partial charge in [-0.2, -0.15) is 18.5 Å². The Morgan fingerprint density at radius 1 is 0.500 bits per heavy atom. The SMILES string of the molecule is O=P(O)(O)ON(CCN(OP(=O)(O)O)OP(=O)(O)O)OP(=O)(O)O. The molecule has 0 saturated heterocycles. The molecule has 22 heteroatoms. The van der Waals surface area contributed by atoms with Crippen molar-refractivity contribution in [3.63, 3.8) is 0 Å². The van der Waals surface area contributed by atoms with Crippen LogP contribution in [0.5, 0.6) is 0 Å². The van der Waals surface area contributed by atoms with E-state index in [1.54, 1.807) is 0 Å². The van der Waals surface area contributed by atoms with Crippen molar-refractivity contribution in [1.29, 1.82) is 0 Å². The highest BCUT2D eigenvalue weighted by atomic mass is 31.2. The van der Waals surface area contributed by atoms with E-state index in [2.05, 4.69) is 18.5 Å². The van der Waals surface area contributed by atoms with Gasteiger partial charge in [0.2, 0.25) is 0 Å².